The Bertz CT molecular complexity index is 1020. The number of nitrogens with zero attached hydrogens (tertiary/aromatic N) is 4. The molecule has 3 aromatic rings. The predicted molar refractivity (Wildman–Crippen MR) is 111 cm³/mol. The topological polar surface area (TPSA) is 72.1 Å². The lowest BCUT2D eigenvalue weighted by Gasteiger charge is -2.41. The number of likely N-dealkylation sites (tertiary alicyclic amines) is 1. The lowest BCUT2D eigenvalue weighted by atomic mass is 9.97. The van der Waals surface area contributed by atoms with Crippen LogP contribution in [-0.2, 0) is 15.9 Å². The van der Waals surface area contributed by atoms with Gasteiger partial charge in [-0.15, -0.1) is 5.10 Å². The van der Waals surface area contributed by atoms with Gasteiger partial charge in [0.15, 0.2) is 11.6 Å². The highest BCUT2D eigenvalue weighted by atomic mass is 35.5. The second-order valence-electron chi connectivity index (χ2n) is 7.47. The summed E-state index contributed by atoms with van der Waals surface area (Å²) in [5.41, 5.74) is 1.04. The van der Waals surface area contributed by atoms with Gasteiger partial charge in [-0.1, -0.05) is 42.0 Å². The number of hydrogen-bond acceptors (Lipinski definition) is 7. The van der Waals surface area contributed by atoms with E-state index in [1.54, 1.807) is 4.52 Å². The van der Waals surface area contributed by atoms with Crippen molar-refractivity contribution in [2.45, 2.75) is 38.0 Å². The summed E-state index contributed by atoms with van der Waals surface area (Å²) in [6.07, 6.45) is 2.33. The third-order valence-corrected chi connectivity index (χ3v) is 7.02. The van der Waals surface area contributed by atoms with Crippen LogP contribution in [0.4, 0.5) is 0 Å². The van der Waals surface area contributed by atoms with Crippen molar-refractivity contribution in [3.05, 3.63) is 45.6 Å². The molecule has 2 aliphatic heterocycles. The molecule has 7 nitrogen and oxygen atoms in total. The van der Waals surface area contributed by atoms with Crippen molar-refractivity contribution in [1.29, 1.82) is 0 Å². The number of hydrogen-bond donors (Lipinski definition) is 1. The zero-order chi connectivity index (χ0) is 20.0. The fourth-order valence-electron chi connectivity index (χ4n) is 4.23. The zero-order valence-corrected chi connectivity index (χ0v) is 17.7. The Morgan fingerprint density at radius 3 is 2.69 bits per heavy atom. The Labute approximate surface area is 177 Å². The number of benzene rings is 1. The largest absolute Gasteiger partial charge is 0.492 e. The summed E-state index contributed by atoms with van der Waals surface area (Å²) in [6.45, 7) is 4.91. The Morgan fingerprint density at radius 1 is 1.28 bits per heavy atom. The van der Waals surface area contributed by atoms with E-state index < -0.39 is 5.79 Å². The van der Waals surface area contributed by atoms with Crippen LogP contribution in [-0.4, -0.2) is 56.7 Å². The SMILES string of the molecule is CCc1nc2sc([C@@H](c3cccc(Cl)c3)N3CCC4(CC3)OCCO4)c(O)n2n1. The van der Waals surface area contributed by atoms with Crippen molar-refractivity contribution >= 4 is 27.9 Å². The first-order chi connectivity index (χ1) is 14.1. The molecule has 0 bridgehead atoms. The van der Waals surface area contributed by atoms with Gasteiger partial charge < -0.3 is 14.6 Å². The number of thiazole rings is 1. The molecule has 9 heteroatoms. The van der Waals surface area contributed by atoms with Crippen molar-refractivity contribution in [2.24, 2.45) is 0 Å². The molecule has 5 rings (SSSR count). The maximum Gasteiger partial charge on any atom is 0.230 e. The van der Waals surface area contributed by atoms with Gasteiger partial charge in [0, 0.05) is 37.4 Å². The van der Waals surface area contributed by atoms with Gasteiger partial charge in [-0.05, 0) is 17.7 Å². The van der Waals surface area contributed by atoms with Crippen LogP contribution in [0.5, 0.6) is 5.88 Å². The molecule has 4 heterocycles. The summed E-state index contributed by atoms with van der Waals surface area (Å²) >= 11 is 7.78. The van der Waals surface area contributed by atoms with Crippen molar-refractivity contribution in [3.8, 4) is 5.88 Å². The summed E-state index contributed by atoms with van der Waals surface area (Å²) in [7, 11) is 0. The van der Waals surface area contributed by atoms with Crippen LogP contribution in [0.25, 0.3) is 4.96 Å². The van der Waals surface area contributed by atoms with Gasteiger partial charge in [-0.2, -0.15) is 4.52 Å². The highest BCUT2D eigenvalue weighted by Crippen LogP contribution is 2.43. The van der Waals surface area contributed by atoms with Gasteiger partial charge in [-0.25, -0.2) is 4.98 Å². The van der Waals surface area contributed by atoms with Crippen LogP contribution in [0, 0.1) is 0 Å². The molecule has 1 N–H and O–H groups in total. The number of halogens is 1. The minimum Gasteiger partial charge on any atom is -0.492 e. The van der Waals surface area contributed by atoms with E-state index in [4.69, 9.17) is 21.1 Å². The number of ether oxygens (including phenoxy) is 2. The molecule has 154 valence electrons. The van der Waals surface area contributed by atoms with Gasteiger partial charge in [0.25, 0.3) is 0 Å². The molecule has 29 heavy (non-hydrogen) atoms. The second-order valence-corrected chi connectivity index (χ2v) is 8.91. The van der Waals surface area contributed by atoms with E-state index in [2.05, 4.69) is 21.0 Å². The van der Waals surface area contributed by atoms with Crippen LogP contribution in [0.3, 0.4) is 0 Å². The first kappa shape index (κ1) is 19.3. The molecular weight excluding hydrogens is 412 g/mol. The molecule has 0 saturated carbocycles. The van der Waals surface area contributed by atoms with Gasteiger partial charge in [0.05, 0.1) is 24.1 Å². The standard InChI is InChI=1S/C20H23ClN4O3S/c1-2-15-22-19-25(23-15)18(26)17(29-19)16(13-4-3-5-14(21)12-13)24-8-6-20(7-9-24)27-10-11-28-20/h3-5,12,16,26H,2,6-11H2,1H3/t16-/m1/s1. The quantitative estimate of drug-likeness (QED) is 0.675. The molecule has 0 amide bonds. The fourth-order valence-corrected chi connectivity index (χ4v) is 5.57. The molecule has 0 radical (unpaired) electrons. The summed E-state index contributed by atoms with van der Waals surface area (Å²) in [5.74, 6) is 0.433. The van der Waals surface area contributed by atoms with Gasteiger partial charge in [-0.3, -0.25) is 4.90 Å². The van der Waals surface area contributed by atoms with Gasteiger partial charge >= 0.3 is 0 Å². The number of piperidine rings is 1. The minimum absolute atomic E-state index is 0.133. The summed E-state index contributed by atoms with van der Waals surface area (Å²) in [4.78, 5) is 8.42. The first-order valence-corrected chi connectivity index (χ1v) is 11.1. The molecule has 2 aromatic heterocycles. The summed E-state index contributed by atoms with van der Waals surface area (Å²) < 4.78 is 13.3. The molecule has 1 spiro atoms. The van der Waals surface area contributed by atoms with Crippen LogP contribution < -0.4 is 0 Å². The van der Waals surface area contributed by atoms with E-state index in [-0.39, 0.29) is 11.9 Å². The number of aromatic hydroxyl groups is 1. The molecular formula is C20H23ClN4O3S. The Hall–Kier alpha value is -1.71. The molecule has 2 aliphatic rings. The van der Waals surface area contributed by atoms with Crippen LogP contribution in [0.2, 0.25) is 5.02 Å². The molecule has 2 fully saturated rings. The second kappa shape index (κ2) is 7.52. The molecule has 0 unspecified atom stereocenters. The molecule has 1 atom stereocenters. The molecule has 2 saturated heterocycles. The monoisotopic (exact) mass is 434 g/mol. The Morgan fingerprint density at radius 2 is 2.03 bits per heavy atom. The van der Waals surface area contributed by atoms with Gasteiger partial charge in [0.2, 0.25) is 10.8 Å². The minimum atomic E-state index is -0.445. The number of aryl methyl sites for hydroxylation is 1. The van der Waals surface area contributed by atoms with Crippen LogP contribution >= 0.6 is 22.9 Å². The fraction of sp³-hybridized carbons (Fsp3) is 0.500. The lowest BCUT2D eigenvalue weighted by molar-refractivity contribution is -0.187. The molecule has 1 aromatic carbocycles. The van der Waals surface area contributed by atoms with E-state index in [0.29, 0.717) is 23.2 Å². The number of aromatic nitrogens is 3. The lowest BCUT2D eigenvalue weighted by Crippen LogP contribution is -2.46. The summed E-state index contributed by atoms with van der Waals surface area (Å²) in [6, 6.07) is 7.69. The average Bonchev–Trinajstić information content (AvgIpc) is 3.42. The average molecular weight is 435 g/mol. The van der Waals surface area contributed by atoms with Crippen molar-refractivity contribution < 1.29 is 14.6 Å². The van der Waals surface area contributed by atoms with Crippen LogP contribution in [0.1, 0.15) is 42.1 Å². The van der Waals surface area contributed by atoms with E-state index >= 15 is 0 Å². The highest BCUT2D eigenvalue weighted by Gasteiger charge is 2.42. The number of fused-ring (bicyclic) bond motifs is 1. The maximum atomic E-state index is 11.0. The smallest absolute Gasteiger partial charge is 0.230 e. The number of rotatable bonds is 4. The predicted octanol–water partition coefficient (Wildman–Crippen LogP) is 3.64. The Balaban J connectivity index is 1.53. The van der Waals surface area contributed by atoms with E-state index in [9.17, 15) is 5.11 Å². The van der Waals surface area contributed by atoms with Crippen LogP contribution in [0.15, 0.2) is 24.3 Å². The van der Waals surface area contributed by atoms with Gasteiger partial charge in [0.1, 0.15) is 0 Å². The third kappa shape index (κ3) is 3.43. The normalized spacial score (nSPS) is 20.6. The van der Waals surface area contributed by atoms with E-state index in [0.717, 1.165) is 48.6 Å². The maximum absolute atomic E-state index is 11.0. The zero-order valence-electron chi connectivity index (χ0n) is 16.2. The first-order valence-electron chi connectivity index (χ1n) is 9.93. The summed E-state index contributed by atoms with van der Waals surface area (Å²) in [5, 5.41) is 16.1. The van der Waals surface area contributed by atoms with Crippen molar-refractivity contribution in [2.75, 3.05) is 26.3 Å². The molecule has 0 aliphatic carbocycles. The van der Waals surface area contributed by atoms with Crippen molar-refractivity contribution in [3.63, 3.8) is 0 Å². The Kier molecular flexibility index (Phi) is 4.99. The van der Waals surface area contributed by atoms with Crippen molar-refractivity contribution in [1.82, 2.24) is 19.5 Å². The highest BCUT2D eigenvalue weighted by molar-refractivity contribution is 7.17. The van der Waals surface area contributed by atoms with E-state index in [1.807, 2.05) is 25.1 Å². The third-order valence-electron chi connectivity index (χ3n) is 5.71. The van der Waals surface area contributed by atoms with E-state index in [1.165, 1.54) is 11.3 Å².